The molecule has 102 valence electrons. The van der Waals surface area contributed by atoms with E-state index in [-0.39, 0.29) is 10.9 Å². The minimum atomic E-state index is -3.56. The van der Waals surface area contributed by atoms with Crippen LogP contribution in [0.2, 0.25) is 0 Å². The highest BCUT2D eigenvalue weighted by molar-refractivity contribution is 7.89. The van der Waals surface area contributed by atoms with Crippen LogP contribution >= 0.6 is 0 Å². The Morgan fingerprint density at radius 2 is 2.16 bits per heavy atom. The quantitative estimate of drug-likeness (QED) is 0.827. The van der Waals surface area contributed by atoms with Crippen molar-refractivity contribution in [2.45, 2.75) is 17.9 Å². The predicted molar refractivity (Wildman–Crippen MR) is 72.8 cm³/mol. The van der Waals surface area contributed by atoms with Gasteiger partial charge in [-0.2, -0.15) is 9.40 Å². The molecule has 3 N–H and O–H groups in total. The number of aromatic nitrogens is 2. The van der Waals surface area contributed by atoms with Crippen LogP contribution in [-0.4, -0.2) is 30.0 Å². The molecule has 0 amide bonds. The van der Waals surface area contributed by atoms with Gasteiger partial charge in [0.15, 0.2) is 0 Å². The van der Waals surface area contributed by atoms with Crippen molar-refractivity contribution < 1.29 is 8.42 Å². The first-order valence-electron chi connectivity index (χ1n) is 5.75. The number of benzene rings is 1. The first kappa shape index (κ1) is 13.6. The minimum Gasteiger partial charge on any atom is -0.399 e. The number of hydrogen-bond donors (Lipinski definition) is 2. The van der Waals surface area contributed by atoms with Gasteiger partial charge in [0.1, 0.15) is 4.90 Å². The van der Waals surface area contributed by atoms with Gasteiger partial charge >= 0.3 is 0 Å². The molecule has 0 saturated carbocycles. The van der Waals surface area contributed by atoms with Gasteiger partial charge in [0, 0.05) is 25.0 Å². The zero-order valence-electron chi connectivity index (χ0n) is 10.7. The fourth-order valence-electron chi connectivity index (χ4n) is 1.78. The molecule has 1 unspecified atom stereocenters. The fraction of sp³-hybridized carbons (Fsp3) is 0.250. The largest absolute Gasteiger partial charge is 0.399 e. The Hall–Kier alpha value is -1.86. The second kappa shape index (κ2) is 5.02. The molecule has 1 aromatic heterocycles. The SMILES string of the molecule is CC(c1cccc(N)c1)N(C)S(=O)(=O)c1cn[nH]c1. The van der Waals surface area contributed by atoms with E-state index in [4.69, 9.17) is 5.73 Å². The van der Waals surface area contributed by atoms with Crippen LogP contribution in [0, 0.1) is 0 Å². The number of hydrogen-bond acceptors (Lipinski definition) is 4. The summed E-state index contributed by atoms with van der Waals surface area (Å²) in [6, 6.07) is 6.87. The summed E-state index contributed by atoms with van der Waals surface area (Å²) < 4.78 is 26.0. The van der Waals surface area contributed by atoms with Gasteiger partial charge in [-0.3, -0.25) is 5.10 Å². The molecular weight excluding hydrogens is 264 g/mol. The van der Waals surface area contributed by atoms with Crippen molar-refractivity contribution >= 4 is 15.7 Å². The first-order valence-corrected chi connectivity index (χ1v) is 7.19. The molecule has 0 spiro atoms. The average Bonchev–Trinajstić information content (AvgIpc) is 2.91. The summed E-state index contributed by atoms with van der Waals surface area (Å²) in [5.74, 6) is 0. The molecule has 0 aliphatic carbocycles. The molecule has 0 aliphatic rings. The minimum absolute atomic E-state index is 0.144. The zero-order valence-corrected chi connectivity index (χ0v) is 11.6. The summed E-state index contributed by atoms with van der Waals surface area (Å²) in [6.07, 6.45) is 2.65. The molecule has 19 heavy (non-hydrogen) atoms. The summed E-state index contributed by atoms with van der Waals surface area (Å²) in [6.45, 7) is 1.81. The van der Waals surface area contributed by atoms with E-state index in [2.05, 4.69) is 10.2 Å². The third-order valence-electron chi connectivity index (χ3n) is 3.09. The highest BCUT2D eigenvalue weighted by Gasteiger charge is 2.27. The van der Waals surface area contributed by atoms with Crippen LogP contribution in [0.15, 0.2) is 41.6 Å². The molecule has 0 bridgehead atoms. The molecule has 0 fully saturated rings. The number of aromatic amines is 1. The molecule has 2 aromatic rings. The lowest BCUT2D eigenvalue weighted by Gasteiger charge is -2.24. The van der Waals surface area contributed by atoms with Crippen LogP contribution in [0.1, 0.15) is 18.5 Å². The molecule has 1 aromatic carbocycles. The van der Waals surface area contributed by atoms with E-state index in [1.54, 1.807) is 18.2 Å². The highest BCUT2D eigenvalue weighted by Crippen LogP contribution is 2.26. The predicted octanol–water partition coefficient (Wildman–Crippen LogP) is 1.37. The summed E-state index contributed by atoms with van der Waals surface area (Å²) in [4.78, 5) is 0.144. The van der Waals surface area contributed by atoms with E-state index < -0.39 is 10.0 Å². The number of sulfonamides is 1. The number of H-pyrrole nitrogens is 1. The van der Waals surface area contributed by atoms with Gasteiger partial charge in [-0.1, -0.05) is 12.1 Å². The van der Waals surface area contributed by atoms with Crippen LogP contribution in [0.3, 0.4) is 0 Å². The van der Waals surface area contributed by atoms with Crippen LogP contribution < -0.4 is 5.73 Å². The van der Waals surface area contributed by atoms with Gasteiger partial charge in [-0.25, -0.2) is 8.42 Å². The van der Waals surface area contributed by atoms with E-state index in [0.29, 0.717) is 5.69 Å². The van der Waals surface area contributed by atoms with Crippen molar-refractivity contribution in [3.63, 3.8) is 0 Å². The van der Waals surface area contributed by atoms with E-state index in [0.717, 1.165) is 5.56 Å². The van der Waals surface area contributed by atoms with Crippen molar-refractivity contribution in [2.24, 2.45) is 0 Å². The lowest BCUT2D eigenvalue weighted by atomic mass is 10.1. The van der Waals surface area contributed by atoms with Crippen LogP contribution in [-0.2, 0) is 10.0 Å². The summed E-state index contributed by atoms with van der Waals surface area (Å²) in [7, 11) is -2.02. The average molecular weight is 280 g/mol. The smallest absolute Gasteiger partial charge is 0.246 e. The standard InChI is InChI=1S/C12H16N4O2S/c1-9(10-4-3-5-11(13)6-10)16(2)19(17,18)12-7-14-15-8-12/h3-9H,13H2,1-2H3,(H,14,15). The van der Waals surface area contributed by atoms with E-state index in [1.165, 1.54) is 23.7 Å². The normalized spacial score (nSPS) is 13.6. The van der Waals surface area contributed by atoms with Crippen molar-refractivity contribution in [3.8, 4) is 0 Å². The molecule has 6 nitrogen and oxygen atoms in total. The number of nitrogens with two attached hydrogens (primary N) is 1. The third-order valence-corrected chi connectivity index (χ3v) is 4.98. The van der Waals surface area contributed by atoms with Crippen molar-refractivity contribution in [2.75, 3.05) is 12.8 Å². The second-order valence-electron chi connectivity index (χ2n) is 4.30. The molecule has 2 rings (SSSR count). The third kappa shape index (κ3) is 2.61. The fourth-order valence-corrected chi connectivity index (χ4v) is 3.04. The molecule has 7 heteroatoms. The van der Waals surface area contributed by atoms with Crippen LogP contribution in [0.5, 0.6) is 0 Å². The Labute approximate surface area is 112 Å². The Morgan fingerprint density at radius 1 is 1.42 bits per heavy atom. The van der Waals surface area contributed by atoms with Gasteiger partial charge in [0.05, 0.1) is 6.20 Å². The number of rotatable bonds is 4. The Kier molecular flexibility index (Phi) is 3.59. The lowest BCUT2D eigenvalue weighted by Crippen LogP contribution is -2.29. The Bertz CT molecular complexity index is 652. The van der Waals surface area contributed by atoms with Gasteiger partial charge in [-0.15, -0.1) is 0 Å². The first-order chi connectivity index (χ1) is 8.93. The Balaban J connectivity index is 2.32. The van der Waals surface area contributed by atoms with Gasteiger partial charge in [0.25, 0.3) is 0 Å². The molecule has 1 atom stereocenters. The van der Waals surface area contributed by atoms with E-state index in [9.17, 15) is 8.42 Å². The van der Waals surface area contributed by atoms with Gasteiger partial charge in [0.2, 0.25) is 10.0 Å². The number of nitrogen functional groups attached to an aromatic ring is 1. The maximum absolute atomic E-state index is 12.3. The monoisotopic (exact) mass is 280 g/mol. The van der Waals surface area contributed by atoms with E-state index >= 15 is 0 Å². The molecule has 1 heterocycles. The summed E-state index contributed by atoms with van der Waals surface area (Å²) in [5, 5.41) is 6.17. The summed E-state index contributed by atoms with van der Waals surface area (Å²) >= 11 is 0. The molecular formula is C12H16N4O2S. The number of nitrogens with zero attached hydrogens (tertiary/aromatic N) is 2. The van der Waals surface area contributed by atoms with Crippen LogP contribution in [0.25, 0.3) is 0 Å². The maximum atomic E-state index is 12.3. The molecule has 0 aliphatic heterocycles. The molecule has 0 radical (unpaired) electrons. The van der Waals surface area contributed by atoms with Gasteiger partial charge in [-0.05, 0) is 24.6 Å². The van der Waals surface area contributed by atoms with E-state index in [1.807, 2.05) is 13.0 Å². The zero-order chi connectivity index (χ0) is 14.0. The highest BCUT2D eigenvalue weighted by atomic mass is 32.2. The molecule has 0 saturated heterocycles. The second-order valence-corrected chi connectivity index (χ2v) is 6.30. The van der Waals surface area contributed by atoms with Crippen molar-refractivity contribution in [1.82, 2.24) is 14.5 Å². The number of nitrogens with one attached hydrogen (secondary N) is 1. The summed E-state index contributed by atoms with van der Waals surface area (Å²) in [5.41, 5.74) is 7.17. The van der Waals surface area contributed by atoms with Gasteiger partial charge < -0.3 is 5.73 Å². The topological polar surface area (TPSA) is 92.1 Å². The maximum Gasteiger partial charge on any atom is 0.246 e. The lowest BCUT2D eigenvalue weighted by molar-refractivity contribution is 0.398. The van der Waals surface area contributed by atoms with Crippen LogP contribution in [0.4, 0.5) is 5.69 Å². The Morgan fingerprint density at radius 3 is 2.74 bits per heavy atom. The van der Waals surface area contributed by atoms with Crippen molar-refractivity contribution in [3.05, 3.63) is 42.2 Å². The number of anilines is 1. The van der Waals surface area contributed by atoms with Crippen molar-refractivity contribution in [1.29, 1.82) is 0 Å².